The highest BCUT2D eigenvalue weighted by Crippen LogP contribution is 2.24. The van der Waals surface area contributed by atoms with Crippen LogP contribution in [0.25, 0.3) is 0 Å². The number of rotatable bonds is 3. The van der Waals surface area contributed by atoms with Crippen LogP contribution in [0.15, 0.2) is 12.1 Å². The zero-order valence-electron chi connectivity index (χ0n) is 9.17. The van der Waals surface area contributed by atoms with Gasteiger partial charge in [-0.2, -0.15) is 0 Å². The van der Waals surface area contributed by atoms with Crippen LogP contribution in [0.3, 0.4) is 0 Å². The van der Waals surface area contributed by atoms with Gasteiger partial charge in [0.2, 0.25) is 0 Å². The van der Waals surface area contributed by atoms with E-state index in [4.69, 9.17) is 0 Å². The minimum Gasteiger partial charge on any atom is -0.307 e. The lowest BCUT2D eigenvalue weighted by Crippen LogP contribution is -2.21. The van der Waals surface area contributed by atoms with Gasteiger partial charge in [-0.15, -0.1) is 0 Å². The molecule has 1 heterocycles. The first-order valence-corrected chi connectivity index (χ1v) is 5.37. The van der Waals surface area contributed by atoms with Crippen LogP contribution in [0.5, 0.6) is 0 Å². The quantitative estimate of drug-likeness (QED) is 0.792. The molecule has 1 aliphatic carbocycles. The van der Waals surface area contributed by atoms with E-state index in [1.807, 2.05) is 6.92 Å². The number of nitrogens with zero attached hydrogens (tertiary/aromatic N) is 1. The number of hydrogen-bond donors (Lipinski definition) is 1. The van der Waals surface area contributed by atoms with E-state index in [0.717, 1.165) is 17.4 Å². The molecular formula is C12H18N2. The average Bonchev–Trinajstić information content (AvgIpc) is 2.87. The summed E-state index contributed by atoms with van der Waals surface area (Å²) in [5, 5.41) is 3.59. The van der Waals surface area contributed by atoms with Gasteiger partial charge in [-0.25, -0.2) is 0 Å². The summed E-state index contributed by atoms with van der Waals surface area (Å²) in [7, 11) is 0. The highest BCUT2D eigenvalue weighted by Gasteiger charge is 2.23. The molecule has 2 rings (SSSR count). The molecule has 1 aliphatic rings. The third kappa shape index (κ3) is 2.13. The molecule has 1 atom stereocenters. The van der Waals surface area contributed by atoms with Crippen molar-refractivity contribution in [2.24, 2.45) is 0 Å². The van der Waals surface area contributed by atoms with E-state index in [9.17, 15) is 0 Å². The molecule has 1 saturated carbocycles. The normalized spacial score (nSPS) is 18.2. The van der Waals surface area contributed by atoms with Crippen molar-refractivity contribution in [3.05, 3.63) is 29.1 Å². The van der Waals surface area contributed by atoms with Crippen LogP contribution in [0.2, 0.25) is 0 Å². The number of nitrogens with one attached hydrogen (secondary N) is 1. The molecule has 0 amide bonds. The fourth-order valence-corrected chi connectivity index (χ4v) is 1.85. The molecule has 1 aromatic heterocycles. The van der Waals surface area contributed by atoms with E-state index in [1.54, 1.807) is 0 Å². The lowest BCUT2D eigenvalue weighted by atomic mass is 10.1. The molecule has 0 radical (unpaired) electrons. The van der Waals surface area contributed by atoms with Gasteiger partial charge in [-0.3, -0.25) is 4.98 Å². The highest BCUT2D eigenvalue weighted by atomic mass is 15.0. The number of aryl methyl sites for hydroxylation is 2. The van der Waals surface area contributed by atoms with Crippen molar-refractivity contribution < 1.29 is 0 Å². The van der Waals surface area contributed by atoms with Gasteiger partial charge in [-0.05, 0) is 45.2 Å². The molecule has 1 unspecified atom stereocenters. The van der Waals surface area contributed by atoms with E-state index in [2.05, 4.69) is 36.3 Å². The first kappa shape index (κ1) is 9.66. The third-order valence-corrected chi connectivity index (χ3v) is 2.80. The monoisotopic (exact) mass is 190 g/mol. The number of aromatic nitrogens is 1. The van der Waals surface area contributed by atoms with Gasteiger partial charge in [-0.1, -0.05) is 6.07 Å². The molecule has 14 heavy (non-hydrogen) atoms. The van der Waals surface area contributed by atoms with Crippen molar-refractivity contribution in [2.45, 2.75) is 45.7 Å². The van der Waals surface area contributed by atoms with Crippen LogP contribution in [-0.4, -0.2) is 11.0 Å². The molecule has 0 aromatic carbocycles. The fraction of sp³-hybridized carbons (Fsp3) is 0.583. The topological polar surface area (TPSA) is 24.9 Å². The Labute approximate surface area is 85.7 Å². The molecule has 1 N–H and O–H groups in total. The van der Waals surface area contributed by atoms with Gasteiger partial charge in [0.1, 0.15) is 0 Å². The second-order valence-corrected chi connectivity index (χ2v) is 4.29. The Morgan fingerprint density at radius 2 is 2.07 bits per heavy atom. The predicted molar refractivity (Wildman–Crippen MR) is 58.3 cm³/mol. The molecular weight excluding hydrogens is 172 g/mol. The zero-order valence-corrected chi connectivity index (χ0v) is 9.17. The molecule has 1 fully saturated rings. The maximum absolute atomic E-state index is 4.48. The lowest BCUT2D eigenvalue weighted by Gasteiger charge is -2.15. The smallest absolute Gasteiger partial charge is 0.0423 e. The van der Waals surface area contributed by atoms with E-state index in [0.29, 0.717) is 6.04 Å². The van der Waals surface area contributed by atoms with E-state index < -0.39 is 0 Å². The van der Waals surface area contributed by atoms with Crippen molar-refractivity contribution in [1.29, 1.82) is 0 Å². The minimum atomic E-state index is 0.440. The molecule has 2 nitrogen and oxygen atoms in total. The number of pyridine rings is 1. The summed E-state index contributed by atoms with van der Waals surface area (Å²) < 4.78 is 0. The van der Waals surface area contributed by atoms with Crippen LogP contribution in [-0.2, 0) is 0 Å². The third-order valence-electron chi connectivity index (χ3n) is 2.80. The van der Waals surface area contributed by atoms with E-state index >= 15 is 0 Å². The van der Waals surface area contributed by atoms with Crippen LogP contribution in [0.4, 0.5) is 0 Å². The largest absolute Gasteiger partial charge is 0.307 e. The molecule has 76 valence electrons. The van der Waals surface area contributed by atoms with Gasteiger partial charge in [0.25, 0.3) is 0 Å². The summed E-state index contributed by atoms with van der Waals surface area (Å²) >= 11 is 0. The van der Waals surface area contributed by atoms with Gasteiger partial charge >= 0.3 is 0 Å². The SMILES string of the molecule is Cc1ccc(C(C)NC2CC2)c(C)n1. The molecule has 0 saturated heterocycles. The Morgan fingerprint density at radius 3 is 2.64 bits per heavy atom. The summed E-state index contributed by atoms with van der Waals surface area (Å²) in [6, 6.07) is 5.48. The summed E-state index contributed by atoms with van der Waals surface area (Å²) in [6.07, 6.45) is 2.67. The van der Waals surface area contributed by atoms with Crippen molar-refractivity contribution in [3.63, 3.8) is 0 Å². The predicted octanol–water partition coefficient (Wildman–Crippen LogP) is 2.51. The van der Waals surface area contributed by atoms with Crippen molar-refractivity contribution >= 4 is 0 Å². The molecule has 2 heteroatoms. The van der Waals surface area contributed by atoms with Crippen LogP contribution >= 0.6 is 0 Å². The van der Waals surface area contributed by atoms with Crippen LogP contribution in [0.1, 0.15) is 42.8 Å². The van der Waals surface area contributed by atoms with Crippen LogP contribution in [0, 0.1) is 13.8 Å². The second kappa shape index (κ2) is 3.70. The maximum Gasteiger partial charge on any atom is 0.0423 e. The maximum atomic E-state index is 4.48. The van der Waals surface area contributed by atoms with Gasteiger partial charge in [0.05, 0.1) is 0 Å². The lowest BCUT2D eigenvalue weighted by molar-refractivity contribution is 0.566. The second-order valence-electron chi connectivity index (χ2n) is 4.29. The molecule has 0 bridgehead atoms. The average molecular weight is 190 g/mol. The van der Waals surface area contributed by atoms with E-state index in [1.165, 1.54) is 18.4 Å². The Balaban J connectivity index is 2.13. The Kier molecular flexibility index (Phi) is 2.55. The fourth-order valence-electron chi connectivity index (χ4n) is 1.85. The van der Waals surface area contributed by atoms with Gasteiger partial charge in [0, 0.05) is 23.5 Å². The summed E-state index contributed by atoms with van der Waals surface area (Å²) in [6.45, 7) is 6.35. The van der Waals surface area contributed by atoms with Crippen molar-refractivity contribution in [1.82, 2.24) is 10.3 Å². The summed E-state index contributed by atoms with van der Waals surface area (Å²) in [4.78, 5) is 4.48. The van der Waals surface area contributed by atoms with Gasteiger partial charge < -0.3 is 5.32 Å². The Bertz CT molecular complexity index is 329. The first-order chi connectivity index (χ1) is 6.66. The molecule has 1 aromatic rings. The summed E-state index contributed by atoms with van der Waals surface area (Å²) in [5.41, 5.74) is 3.60. The molecule has 0 aliphatic heterocycles. The van der Waals surface area contributed by atoms with Crippen LogP contribution < -0.4 is 5.32 Å². The minimum absolute atomic E-state index is 0.440. The first-order valence-electron chi connectivity index (χ1n) is 5.37. The van der Waals surface area contributed by atoms with Crippen molar-refractivity contribution in [3.8, 4) is 0 Å². The van der Waals surface area contributed by atoms with E-state index in [-0.39, 0.29) is 0 Å². The van der Waals surface area contributed by atoms with Crippen molar-refractivity contribution in [2.75, 3.05) is 0 Å². The Hall–Kier alpha value is -0.890. The molecule has 0 spiro atoms. The number of hydrogen-bond acceptors (Lipinski definition) is 2. The Morgan fingerprint density at radius 1 is 1.36 bits per heavy atom. The van der Waals surface area contributed by atoms with Gasteiger partial charge in [0.15, 0.2) is 0 Å². The standard InChI is InChI=1S/C12H18N2/c1-8-4-7-12(9(2)13-8)10(3)14-11-5-6-11/h4,7,10-11,14H,5-6H2,1-3H3. The highest BCUT2D eigenvalue weighted by molar-refractivity contribution is 5.24. The zero-order chi connectivity index (χ0) is 10.1. The summed E-state index contributed by atoms with van der Waals surface area (Å²) in [5.74, 6) is 0.